The van der Waals surface area contributed by atoms with Crippen molar-refractivity contribution in [3.05, 3.63) is 54.1 Å². The SMILES string of the molecule is O=C(NCc1ccc(F)cc1)C1(CCO)CCN(c2ncccn2)C1. The van der Waals surface area contributed by atoms with Crippen LogP contribution in [0, 0.1) is 11.2 Å². The number of nitrogens with one attached hydrogen (secondary N) is 1. The predicted octanol–water partition coefficient (Wildman–Crippen LogP) is 1.51. The van der Waals surface area contributed by atoms with E-state index in [9.17, 15) is 14.3 Å². The Kier molecular flexibility index (Phi) is 5.23. The van der Waals surface area contributed by atoms with Crippen molar-refractivity contribution in [3.8, 4) is 0 Å². The monoisotopic (exact) mass is 344 g/mol. The Bertz CT molecular complexity index is 711. The first-order chi connectivity index (χ1) is 12.1. The molecule has 1 aromatic heterocycles. The smallest absolute Gasteiger partial charge is 0.228 e. The summed E-state index contributed by atoms with van der Waals surface area (Å²) >= 11 is 0. The molecule has 0 aliphatic carbocycles. The summed E-state index contributed by atoms with van der Waals surface area (Å²) in [7, 11) is 0. The lowest BCUT2D eigenvalue weighted by molar-refractivity contribution is -0.131. The minimum absolute atomic E-state index is 0.0620. The summed E-state index contributed by atoms with van der Waals surface area (Å²) in [6.45, 7) is 1.39. The molecule has 2 aromatic rings. The van der Waals surface area contributed by atoms with Crippen molar-refractivity contribution in [3.63, 3.8) is 0 Å². The summed E-state index contributed by atoms with van der Waals surface area (Å²) in [5.41, 5.74) is 0.156. The molecule has 6 nitrogen and oxygen atoms in total. The van der Waals surface area contributed by atoms with Crippen molar-refractivity contribution < 1.29 is 14.3 Å². The topological polar surface area (TPSA) is 78.4 Å². The van der Waals surface area contributed by atoms with E-state index in [1.807, 2.05) is 4.90 Å². The van der Waals surface area contributed by atoms with Crippen LogP contribution in [0.4, 0.5) is 10.3 Å². The highest BCUT2D eigenvalue weighted by Gasteiger charge is 2.44. The van der Waals surface area contributed by atoms with Gasteiger partial charge in [0, 0.05) is 38.6 Å². The van der Waals surface area contributed by atoms with Gasteiger partial charge in [-0.25, -0.2) is 14.4 Å². The van der Waals surface area contributed by atoms with E-state index in [1.54, 1.807) is 30.6 Å². The second-order valence-electron chi connectivity index (χ2n) is 6.28. The Morgan fingerprint density at radius 2 is 2.00 bits per heavy atom. The summed E-state index contributed by atoms with van der Waals surface area (Å²) in [4.78, 5) is 23.2. The number of hydrogen-bond donors (Lipinski definition) is 2. The van der Waals surface area contributed by atoms with Gasteiger partial charge < -0.3 is 15.3 Å². The van der Waals surface area contributed by atoms with Gasteiger partial charge in [-0.05, 0) is 36.6 Å². The van der Waals surface area contributed by atoms with Crippen LogP contribution in [0.25, 0.3) is 0 Å². The molecule has 2 heterocycles. The summed E-state index contributed by atoms with van der Waals surface area (Å²) in [5.74, 6) is 0.180. The van der Waals surface area contributed by atoms with Crippen LogP contribution in [0.1, 0.15) is 18.4 Å². The van der Waals surface area contributed by atoms with Crippen molar-refractivity contribution in [2.24, 2.45) is 5.41 Å². The minimum atomic E-state index is -0.673. The standard InChI is InChI=1S/C18H21FN4O2/c19-15-4-2-14(3-5-15)12-22-16(25)18(7-11-24)6-10-23(13-18)17-20-8-1-9-21-17/h1-5,8-9,24H,6-7,10-13H2,(H,22,25). The van der Waals surface area contributed by atoms with Gasteiger partial charge in [0.15, 0.2) is 0 Å². The maximum atomic E-state index is 13.0. The number of aliphatic hydroxyl groups excluding tert-OH is 1. The van der Waals surface area contributed by atoms with Gasteiger partial charge in [0.2, 0.25) is 11.9 Å². The molecule has 3 rings (SSSR count). The molecule has 1 aliphatic heterocycles. The molecule has 0 bridgehead atoms. The minimum Gasteiger partial charge on any atom is -0.396 e. The second kappa shape index (κ2) is 7.57. The highest BCUT2D eigenvalue weighted by Crippen LogP contribution is 2.35. The largest absolute Gasteiger partial charge is 0.396 e. The van der Waals surface area contributed by atoms with Crippen LogP contribution >= 0.6 is 0 Å². The van der Waals surface area contributed by atoms with Crippen molar-refractivity contribution in [2.45, 2.75) is 19.4 Å². The zero-order chi connectivity index (χ0) is 17.7. The average Bonchev–Trinajstić information content (AvgIpc) is 3.07. The number of benzene rings is 1. The Morgan fingerprint density at radius 1 is 1.28 bits per heavy atom. The molecule has 1 saturated heterocycles. The van der Waals surface area contributed by atoms with Crippen molar-refractivity contribution >= 4 is 11.9 Å². The third kappa shape index (κ3) is 3.93. The third-order valence-electron chi connectivity index (χ3n) is 4.63. The number of carbonyl (C=O) groups excluding carboxylic acids is 1. The number of aliphatic hydroxyl groups is 1. The number of halogens is 1. The van der Waals surface area contributed by atoms with E-state index in [0.717, 1.165) is 5.56 Å². The average molecular weight is 344 g/mol. The van der Waals surface area contributed by atoms with E-state index in [4.69, 9.17) is 0 Å². The lowest BCUT2D eigenvalue weighted by Crippen LogP contribution is -2.43. The first-order valence-corrected chi connectivity index (χ1v) is 8.28. The number of nitrogens with zero attached hydrogens (tertiary/aromatic N) is 3. The summed E-state index contributed by atoms with van der Waals surface area (Å²) in [6, 6.07) is 7.78. The van der Waals surface area contributed by atoms with Crippen LogP contribution in [0.3, 0.4) is 0 Å². The van der Waals surface area contributed by atoms with Gasteiger partial charge in [-0.1, -0.05) is 12.1 Å². The molecule has 1 aliphatic rings. The first-order valence-electron chi connectivity index (χ1n) is 8.28. The predicted molar refractivity (Wildman–Crippen MR) is 91.2 cm³/mol. The Labute approximate surface area is 145 Å². The molecule has 1 atom stereocenters. The van der Waals surface area contributed by atoms with E-state index in [-0.39, 0.29) is 18.3 Å². The van der Waals surface area contributed by atoms with Crippen LogP contribution < -0.4 is 10.2 Å². The van der Waals surface area contributed by atoms with Gasteiger partial charge in [0.25, 0.3) is 0 Å². The summed E-state index contributed by atoms with van der Waals surface area (Å²) in [5, 5.41) is 12.4. The van der Waals surface area contributed by atoms with Crippen molar-refractivity contribution in [2.75, 3.05) is 24.6 Å². The number of carbonyl (C=O) groups is 1. The van der Waals surface area contributed by atoms with Crippen molar-refractivity contribution in [1.29, 1.82) is 0 Å². The quantitative estimate of drug-likeness (QED) is 0.831. The molecule has 1 aromatic carbocycles. The normalized spacial score (nSPS) is 19.8. The first kappa shape index (κ1) is 17.3. The van der Waals surface area contributed by atoms with Crippen LogP contribution in [-0.4, -0.2) is 40.7 Å². The van der Waals surface area contributed by atoms with Crippen LogP contribution in [0.15, 0.2) is 42.7 Å². The van der Waals surface area contributed by atoms with E-state index in [0.29, 0.717) is 38.4 Å². The third-order valence-corrected chi connectivity index (χ3v) is 4.63. The Balaban J connectivity index is 1.67. The molecule has 1 unspecified atom stereocenters. The highest BCUT2D eigenvalue weighted by atomic mass is 19.1. The Morgan fingerprint density at radius 3 is 2.68 bits per heavy atom. The lowest BCUT2D eigenvalue weighted by Gasteiger charge is -2.27. The van der Waals surface area contributed by atoms with Gasteiger partial charge >= 0.3 is 0 Å². The lowest BCUT2D eigenvalue weighted by atomic mass is 9.82. The molecule has 132 valence electrons. The zero-order valence-corrected chi connectivity index (χ0v) is 13.9. The molecule has 0 spiro atoms. The van der Waals surface area contributed by atoms with Gasteiger partial charge in [0.1, 0.15) is 5.82 Å². The molecule has 25 heavy (non-hydrogen) atoms. The van der Waals surface area contributed by atoms with Crippen LogP contribution in [0.5, 0.6) is 0 Å². The molecule has 7 heteroatoms. The van der Waals surface area contributed by atoms with E-state index < -0.39 is 5.41 Å². The fraction of sp³-hybridized carbons (Fsp3) is 0.389. The number of anilines is 1. The molecular formula is C18H21FN4O2. The van der Waals surface area contributed by atoms with Gasteiger partial charge in [-0.15, -0.1) is 0 Å². The zero-order valence-electron chi connectivity index (χ0n) is 13.9. The number of hydrogen-bond acceptors (Lipinski definition) is 5. The van der Waals surface area contributed by atoms with Gasteiger partial charge in [0.05, 0.1) is 5.41 Å². The molecule has 0 saturated carbocycles. The van der Waals surface area contributed by atoms with E-state index in [1.165, 1.54) is 12.1 Å². The molecule has 1 amide bonds. The number of rotatable bonds is 6. The van der Waals surface area contributed by atoms with Crippen molar-refractivity contribution in [1.82, 2.24) is 15.3 Å². The van der Waals surface area contributed by atoms with Gasteiger partial charge in [-0.3, -0.25) is 4.79 Å². The highest BCUT2D eigenvalue weighted by molar-refractivity contribution is 5.84. The fourth-order valence-corrected chi connectivity index (χ4v) is 3.19. The number of amides is 1. The van der Waals surface area contributed by atoms with Crippen LogP contribution in [0.2, 0.25) is 0 Å². The van der Waals surface area contributed by atoms with Gasteiger partial charge in [-0.2, -0.15) is 0 Å². The van der Waals surface area contributed by atoms with E-state index >= 15 is 0 Å². The number of aromatic nitrogens is 2. The van der Waals surface area contributed by atoms with E-state index in [2.05, 4.69) is 15.3 Å². The second-order valence-corrected chi connectivity index (χ2v) is 6.28. The maximum Gasteiger partial charge on any atom is 0.228 e. The molecular weight excluding hydrogens is 323 g/mol. The molecule has 0 radical (unpaired) electrons. The molecule has 1 fully saturated rings. The fourth-order valence-electron chi connectivity index (χ4n) is 3.19. The maximum absolute atomic E-state index is 13.0. The molecule has 2 N–H and O–H groups in total. The summed E-state index contributed by atoms with van der Waals surface area (Å²) < 4.78 is 13.0. The Hall–Kier alpha value is -2.54. The summed E-state index contributed by atoms with van der Waals surface area (Å²) in [6.07, 6.45) is 4.35. The van der Waals surface area contributed by atoms with Crippen LogP contribution in [-0.2, 0) is 11.3 Å².